The van der Waals surface area contributed by atoms with Crippen molar-refractivity contribution in [3.63, 3.8) is 0 Å². The normalized spacial score (nSPS) is 16.5. The summed E-state index contributed by atoms with van der Waals surface area (Å²) >= 11 is 0. The highest BCUT2D eigenvalue weighted by molar-refractivity contribution is 6.14. The van der Waals surface area contributed by atoms with Crippen molar-refractivity contribution in [1.29, 1.82) is 0 Å². The number of amides is 1. The number of carbonyl (C=O) groups excluding carboxylic acids is 2. The van der Waals surface area contributed by atoms with E-state index >= 15 is 0 Å². The highest BCUT2D eigenvalue weighted by atomic mass is 16.5. The van der Waals surface area contributed by atoms with Crippen molar-refractivity contribution in [2.24, 2.45) is 0 Å². The summed E-state index contributed by atoms with van der Waals surface area (Å²) in [5.41, 5.74) is 0.753. The molecule has 2 heterocycles. The zero-order valence-electron chi connectivity index (χ0n) is 17.7. The molecule has 1 aliphatic heterocycles. The number of hydrogen-bond donors (Lipinski definition) is 1. The van der Waals surface area contributed by atoms with Gasteiger partial charge in [0.25, 0.3) is 5.91 Å². The monoisotopic (exact) mass is 422 g/mol. The minimum Gasteiger partial charge on any atom is -0.503 e. The predicted octanol–water partition coefficient (Wildman–Crippen LogP) is 3.38. The first-order valence-corrected chi connectivity index (χ1v) is 9.90. The molecule has 7 nitrogen and oxygen atoms in total. The van der Waals surface area contributed by atoms with E-state index in [1.807, 2.05) is 19.0 Å². The summed E-state index contributed by atoms with van der Waals surface area (Å²) in [5.74, 6) is -0.390. The standard InChI is InChI=1S/C24H26N2O5/c1-4-15-30-19-9-7-17(8-10-19)22-21(20(27)12-11-18-6-5-16-31-18)23(28)24(29)26(22)14-13-25(2)3/h4-12,16,22,28H,1,13-15H2,2-3H3/b12-11+. The first kappa shape index (κ1) is 22.1. The van der Waals surface area contributed by atoms with Crippen molar-refractivity contribution in [3.8, 4) is 5.75 Å². The lowest BCUT2D eigenvalue weighted by Gasteiger charge is -2.28. The smallest absolute Gasteiger partial charge is 0.290 e. The molecule has 1 unspecified atom stereocenters. The van der Waals surface area contributed by atoms with Crippen LogP contribution < -0.4 is 4.74 Å². The Bertz CT molecular complexity index is 987. The third-order valence-electron chi connectivity index (χ3n) is 4.86. The molecular formula is C24H26N2O5. The summed E-state index contributed by atoms with van der Waals surface area (Å²) in [5, 5.41) is 10.6. The van der Waals surface area contributed by atoms with E-state index < -0.39 is 23.5 Å². The van der Waals surface area contributed by atoms with Crippen LogP contribution in [0.2, 0.25) is 0 Å². The van der Waals surface area contributed by atoms with Crippen molar-refractivity contribution >= 4 is 17.8 Å². The maximum atomic E-state index is 13.0. The van der Waals surface area contributed by atoms with Gasteiger partial charge in [0.15, 0.2) is 11.5 Å². The number of hydrogen-bond acceptors (Lipinski definition) is 6. The Morgan fingerprint density at radius 3 is 2.65 bits per heavy atom. The van der Waals surface area contributed by atoms with Gasteiger partial charge in [-0.1, -0.05) is 24.8 Å². The average molecular weight is 422 g/mol. The molecule has 1 N–H and O–H groups in total. The van der Waals surface area contributed by atoms with E-state index in [1.165, 1.54) is 23.3 Å². The number of carbonyl (C=O) groups is 2. The molecule has 0 radical (unpaired) electrons. The number of aliphatic hydroxyl groups excluding tert-OH is 1. The molecule has 3 rings (SSSR count). The quantitative estimate of drug-likeness (QED) is 0.467. The van der Waals surface area contributed by atoms with Gasteiger partial charge in [0.05, 0.1) is 17.9 Å². The van der Waals surface area contributed by atoms with Crippen LogP contribution in [-0.4, -0.2) is 60.4 Å². The largest absolute Gasteiger partial charge is 0.503 e. The van der Waals surface area contributed by atoms with Crippen LogP contribution in [0.4, 0.5) is 0 Å². The van der Waals surface area contributed by atoms with Gasteiger partial charge < -0.3 is 24.1 Å². The van der Waals surface area contributed by atoms with Gasteiger partial charge >= 0.3 is 0 Å². The molecule has 1 amide bonds. The SMILES string of the molecule is C=CCOc1ccc(C2C(C(=O)/C=C/c3ccco3)=C(O)C(=O)N2CCN(C)C)cc1. The number of ether oxygens (including phenoxy) is 1. The first-order valence-electron chi connectivity index (χ1n) is 9.90. The van der Waals surface area contributed by atoms with Gasteiger partial charge in [-0.3, -0.25) is 9.59 Å². The van der Waals surface area contributed by atoms with Crippen LogP contribution in [0.1, 0.15) is 17.4 Å². The highest BCUT2D eigenvalue weighted by Crippen LogP contribution is 2.38. The van der Waals surface area contributed by atoms with Gasteiger partial charge in [-0.05, 0) is 56.1 Å². The second-order valence-corrected chi connectivity index (χ2v) is 7.35. The van der Waals surface area contributed by atoms with Gasteiger partial charge in [-0.25, -0.2) is 0 Å². The Balaban J connectivity index is 1.94. The van der Waals surface area contributed by atoms with E-state index in [0.717, 1.165) is 0 Å². The van der Waals surface area contributed by atoms with E-state index in [-0.39, 0.29) is 5.57 Å². The van der Waals surface area contributed by atoms with Crippen LogP contribution in [0.5, 0.6) is 5.75 Å². The van der Waals surface area contributed by atoms with Gasteiger partial charge in [0.2, 0.25) is 0 Å². The summed E-state index contributed by atoms with van der Waals surface area (Å²) in [6, 6.07) is 9.84. The zero-order chi connectivity index (χ0) is 22.4. The van der Waals surface area contributed by atoms with Gasteiger partial charge in [-0.2, -0.15) is 0 Å². The van der Waals surface area contributed by atoms with Gasteiger partial charge in [0, 0.05) is 13.1 Å². The summed E-state index contributed by atoms with van der Waals surface area (Å²) in [6.07, 6.45) is 5.97. The van der Waals surface area contributed by atoms with Crippen LogP contribution in [0.15, 0.2) is 77.1 Å². The topological polar surface area (TPSA) is 83.2 Å². The number of furan rings is 1. The van der Waals surface area contributed by atoms with Crippen molar-refractivity contribution in [2.45, 2.75) is 6.04 Å². The molecule has 2 aromatic rings. The molecule has 1 aliphatic rings. The molecule has 1 aromatic heterocycles. The molecular weight excluding hydrogens is 396 g/mol. The Morgan fingerprint density at radius 2 is 2.03 bits per heavy atom. The predicted molar refractivity (Wildman–Crippen MR) is 118 cm³/mol. The number of ketones is 1. The van der Waals surface area contributed by atoms with Crippen molar-refractivity contribution < 1.29 is 23.8 Å². The van der Waals surface area contributed by atoms with Crippen LogP contribution in [0.3, 0.4) is 0 Å². The third kappa shape index (κ3) is 5.13. The fourth-order valence-electron chi connectivity index (χ4n) is 3.33. The number of allylic oxidation sites excluding steroid dienone is 1. The molecule has 0 spiro atoms. The lowest BCUT2D eigenvalue weighted by Crippen LogP contribution is -2.36. The second-order valence-electron chi connectivity index (χ2n) is 7.35. The molecule has 1 aromatic carbocycles. The fraction of sp³-hybridized carbons (Fsp3) is 0.250. The maximum Gasteiger partial charge on any atom is 0.290 e. The van der Waals surface area contributed by atoms with E-state index in [2.05, 4.69) is 6.58 Å². The summed E-state index contributed by atoms with van der Waals surface area (Å²) in [6.45, 7) is 4.94. The van der Waals surface area contributed by atoms with Crippen molar-refractivity contribution in [3.05, 3.63) is 84.0 Å². The Labute approximate surface area is 181 Å². The Morgan fingerprint density at radius 1 is 1.29 bits per heavy atom. The molecule has 7 heteroatoms. The minimum absolute atomic E-state index is 0.0475. The Hall–Kier alpha value is -3.58. The molecule has 0 bridgehead atoms. The van der Waals surface area contributed by atoms with E-state index in [9.17, 15) is 14.7 Å². The van der Waals surface area contributed by atoms with Crippen LogP contribution in [-0.2, 0) is 9.59 Å². The molecule has 0 fully saturated rings. The second kappa shape index (κ2) is 9.95. The third-order valence-corrected chi connectivity index (χ3v) is 4.86. The number of aliphatic hydroxyl groups is 1. The number of nitrogens with zero attached hydrogens (tertiary/aromatic N) is 2. The average Bonchev–Trinajstić information content (AvgIpc) is 3.36. The fourth-order valence-corrected chi connectivity index (χ4v) is 3.33. The van der Waals surface area contributed by atoms with Crippen LogP contribution in [0, 0.1) is 0 Å². The van der Waals surface area contributed by atoms with Crippen LogP contribution >= 0.6 is 0 Å². The van der Waals surface area contributed by atoms with Crippen molar-refractivity contribution in [2.75, 3.05) is 33.8 Å². The molecule has 0 saturated heterocycles. The van der Waals surface area contributed by atoms with E-state index in [4.69, 9.17) is 9.15 Å². The summed E-state index contributed by atoms with van der Waals surface area (Å²) in [7, 11) is 3.79. The van der Waals surface area contributed by atoms with Gasteiger partial charge in [-0.15, -0.1) is 0 Å². The summed E-state index contributed by atoms with van der Waals surface area (Å²) < 4.78 is 10.7. The maximum absolute atomic E-state index is 13.0. The van der Waals surface area contributed by atoms with Crippen LogP contribution in [0.25, 0.3) is 6.08 Å². The molecule has 0 saturated carbocycles. The first-order chi connectivity index (χ1) is 14.9. The lowest BCUT2D eigenvalue weighted by atomic mass is 9.95. The van der Waals surface area contributed by atoms with Gasteiger partial charge in [0.1, 0.15) is 18.1 Å². The molecule has 1 atom stereocenters. The van der Waals surface area contributed by atoms with E-state index in [1.54, 1.807) is 42.5 Å². The number of rotatable bonds is 10. The number of likely N-dealkylation sites (N-methyl/N-ethyl adjacent to an activating group) is 1. The molecule has 31 heavy (non-hydrogen) atoms. The minimum atomic E-state index is -0.699. The van der Waals surface area contributed by atoms with E-state index in [0.29, 0.717) is 36.8 Å². The Kier molecular flexibility index (Phi) is 7.10. The molecule has 162 valence electrons. The van der Waals surface area contributed by atoms with Crippen molar-refractivity contribution in [1.82, 2.24) is 9.80 Å². The zero-order valence-corrected chi connectivity index (χ0v) is 17.7. The summed E-state index contributed by atoms with van der Waals surface area (Å²) in [4.78, 5) is 29.3. The molecule has 0 aliphatic carbocycles. The highest BCUT2D eigenvalue weighted by Gasteiger charge is 2.42. The number of benzene rings is 1. The lowest BCUT2D eigenvalue weighted by molar-refractivity contribution is -0.129.